The highest BCUT2D eigenvalue weighted by Gasteiger charge is 2.56. The topological polar surface area (TPSA) is 56.1 Å². The summed E-state index contributed by atoms with van der Waals surface area (Å²) in [4.78, 5) is 22.6. The monoisotopic (exact) mass is 553 g/mol. The van der Waals surface area contributed by atoms with Gasteiger partial charge in [-0.2, -0.15) is 0 Å². The van der Waals surface area contributed by atoms with Crippen LogP contribution in [0.15, 0.2) is 53.5 Å². The molecule has 39 heavy (non-hydrogen) atoms. The summed E-state index contributed by atoms with van der Waals surface area (Å²) in [7, 11) is 4.14. The maximum atomic E-state index is 14.1. The third-order valence-electron chi connectivity index (χ3n) is 9.44. The van der Waals surface area contributed by atoms with Crippen molar-refractivity contribution in [1.29, 1.82) is 0 Å². The molecule has 0 radical (unpaired) electrons. The molecular formula is C32H41ClFN3O2. The maximum Gasteiger partial charge on any atom is 0.334 e. The number of rotatable bonds is 8. The lowest BCUT2D eigenvalue weighted by atomic mass is 9.68. The summed E-state index contributed by atoms with van der Waals surface area (Å²) in [6.07, 6.45) is 11.9. The second-order valence-electron chi connectivity index (χ2n) is 12.1. The molecule has 1 heterocycles. The summed E-state index contributed by atoms with van der Waals surface area (Å²) in [5, 5.41) is 11.4. The predicted molar refractivity (Wildman–Crippen MR) is 155 cm³/mol. The molecule has 5 nitrogen and oxygen atoms in total. The standard InChI is InChI=1S/C32H41ClFN3O2/c1-36(2)29(25-7-6-8-27(34)19-25)23-13-15-24(16-14-23)30-32(31(38)39,20-22-11-17-26(33)18-12-22)35-21-37(30)28-9-4-3-5-10-28/h6-8,11-12,17-19,21,23-24,28-30H,3-5,9-10,13-16,20H2,1-2H3,(H,38,39). The SMILES string of the molecule is CN(C)C(c1cccc(F)c1)C1CCC(C2N(C3CCCCC3)C=NC2(Cc2ccc(Cl)cc2)C(=O)O)CC1. The van der Waals surface area contributed by atoms with E-state index < -0.39 is 11.5 Å². The second kappa shape index (κ2) is 12.0. The fourth-order valence-electron chi connectivity index (χ4n) is 7.68. The molecule has 0 saturated heterocycles. The fraction of sp³-hybridized carbons (Fsp3) is 0.562. The van der Waals surface area contributed by atoms with Crippen LogP contribution in [-0.2, 0) is 11.2 Å². The lowest BCUT2D eigenvalue weighted by Gasteiger charge is -2.47. The Balaban J connectivity index is 1.42. The molecule has 2 aliphatic carbocycles. The van der Waals surface area contributed by atoms with Crippen molar-refractivity contribution in [2.45, 2.75) is 87.9 Å². The molecule has 5 rings (SSSR count). The van der Waals surface area contributed by atoms with Crippen LogP contribution < -0.4 is 0 Å². The van der Waals surface area contributed by atoms with Gasteiger partial charge in [0.1, 0.15) is 5.82 Å². The van der Waals surface area contributed by atoms with E-state index in [2.05, 4.69) is 23.9 Å². The van der Waals surface area contributed by atoms with Gasteiger partial charge in [-0.25, -0.2) is 9.18 Å². The number of carbonyl (C=O) groups is 1. The zero-order valence-electron chi connectivity index (χ0n) is 23.1. The molecule has 0 spiro atoms. The van der Waals surface area contributed by atoms with Crippen LogP contribution >= 0.6 is 11.6 Å². The molecular weight excluding hydrogens is 513 g/mol. The number of benzene rings is 2. The van der Waals surface area contributed by atoms with Gasteiger partial charge in [0.2, 0.25) is 0 Å². The Labute approximate surface area is 237 Å². The van der Waals surface area contributed by atoms with Crippen molar-refractivity contribution in [2.75, 3.05) is 14.1 Å². The van der Waals surface area contributed by atoms with Gasteiger partial charge in [0.05, 0.1) is 12.4 Å². The highest BCUT2D eigenvalue weighted by atomic mass is 35.5. The van der Waals surface area contributed by atoms with Crippen LogP contribution in [0.5, 0.6) is 0 Å². The molecule has 2 aromatic rings. The van der Waals surface area contributed by atoms with Gasteiger partial charge < -0.3 is 14.9 Å². The van der Waals surface area contributed by atoms with Crippen molar-refractivity contribution in [1.82, 2.24) is 9.80 Å². The van der Waals surface area contributed by atoms with Gasteiger partial charge in [-0.15, -0.1) is 0 Å². The highest BCUT2D eigenvalue weighted by Crippen LogP contribution is 2.46. The van der Waals surface area contributed by atoms with Crippen molar-refractivity contribution >= 4 is 23.9 Å². The molecule has 2 aromatic carbocycles. The zero-order valence-corrected chi connectivity index (χ0v) is 23.9. The summed E-state index contributed by atoms with van der Waals surface area (Å²) < 4.78 is 14.1. The second-order valence-corrected chi connectivity index (χ2v) is 12.5. The minimum Gasteiger partial charge on any atom is -0.479 e. The molecule has 210 valence electrons. The Morgan fingerprint density at radius 3 is 2.38 bits per heavy atom. The van der Waals surface area contributed by atoms with Crippen molar-refractivity contribution in [2.24, 2.45) is 16.8 Å². The van der Waals surface area contributed by atoms with Crippen LogP contribution in [0.1, 0.15) is 75.0 Å². The van der Waals surface area contributed by atoms with E-state index in [4.69, 9.17) is 16.6 Å². The van der Waals surface area contributed by atoms with Crippen molar-refractivity contribution in [3.63, 3.8) is 0 Å². The normalized spacial score (nSPS) is 28.6. The Morgan fingerprint density at radius 2 is 1.77 bits per heavy atom. The lowest BCUT2D eigenvalue weighted by Crippen LogP contribution is -2.59. The smallest absolute Gasteiger partial charge is 0.334 e. The highest BCUT2D eigenvalue weighted by molar-refractivity contribution is 6.30. The van der Waals surface area contributed by atoms with E-state index >= 15 is 0 Å². The van der Waals surface area contributed by atoms with Crippen LogP contribution in [0.3, 0.4) is 0 Å². The first-order valence-corrected chi connectivity index (χ1v) is 14.9. The van der Waals surface area contributed by atoms with Crippen molar-refractivity contribution in [3.8, 4) is 0 Å². The number of carboxylic acid groups (broad SMARTS) is 1. The molecule has 0 bridgehead atoms. The van der Waals surface area contributed by atoms with Gasteiger partial charge in [-0.3, -0.25) is 4.99 Å². The molecule has 3 atom stereocenters. The Bertz CT molecular complexity index is 1160. The van der Waals surface area contributed by atoms with E-state index in [1.807, 2.05) is 36.7 Å². The largest absolute Gasteiger partial charge is 0.479 e. The van der Waals surface area contributed by atoms with Gasteiger partial charge in [-0.05, 0) is 99.8 Å². The van der Waals surface area contributed by atoms with E-state index in [9.17, 15) is 14.3 Å². The average molecular weight is 554 g/mol. The number of hydrogen-bond donors (Lipinski definition) is 1. The zero-order chi connectivity index (χ0) is 27.6. The molecule has 1 aliphatic heterocycles. The van der Waals surface area contributed by atoms with Gasteiger partial charge in [0.25, 0.3) is 0 Å². The average Bonchev–Trinajstić information content (AvgIpc) is 3.31. The quantitative estimate of drug-likeness (QED) is 0.382. The lowest BCUT2D eigenvalue weighted by molar-refractivity contribution is -0.146. The molecule has 2 saturated carbocycles. The molecule has 7 heteroatoms. The van der Waals surface area contributed by atoms with E-state index in [1.54, 1.807) is 12.1 Å². The Kier molecular flexibility index (Phi) is 8.63. The van der Waals surface area contributed by atoms with Crippen molar-refractivity contribution in [3.05, 3.63) is 70.5 Å². The predicted octanol–water partition coefficient (Wildman–Crippen LogP) is 7.00. The minimum atomic E-state index is -1.22. The maximum absolute atomic E-state index is 14.1. The number of nitrogens with zero attached hydrogens (tertiary/aromatic N) is 3. The third kappa shape index (κ3) is 5.88. The Morgan fingerprint density at radius 1 is 1.08 bits per heavy atom. The van der Waals surface area contributed by atoms with Crippen LogP contribution in [0.2, 0.25) is 5.02 Å². The van der Waals surface area contributed by atoms with E-state index in [1.165, 1.54) is 25.3 Å². The summed E-state index contributed by atoms with van der Waals surface area (Å²) in [5.74, 6) is -0.429. The number of hydrogen-bond acceptors (Lipinski definition) is 4. The fourth-order valence-corrected chi connectivity index (χ4v) is 7.80. The van der Waals surface area contributed by atoms with Gasteiger partial charge in [0, 0.05) is 23.5 Å². The van der Waals surface area contributed by atoms with Crippen LogP contribution in [0.4, 0.5) is 4.39 Å². The molecule has 0 amide bonds. The van der Waals surface area contributed by atoms with Crippen molar-refractivity contribution < 1.29 is 14.3 Å². The van der Waals surface area contributed by atoms with Crippen LogP contribution in [0.25, 0.3) is 0 Å². The van der Waals surface area contributed by atoms with Gasteiger partial charge in [0.15, 0.2) is 5.54 Å². The molecule has 1 N–H and O–H groups in total. The summed E-state index contributed by atoms with van der Waals surface area (Å²) in [6, 6.07) is 14.8. The summed E-state index contributed by atoms with van der Waals surface area (Å²) in [5.41, 5.74) is 0.743. The first kappa shape index (κ1) is 28.1. The molecule has 2 fully saturated rings. The van der Waals surface area contributed by atoms with E-state index in [0.717, 1.165) is 49.7 Å². The first-order valence-electron chi connectivity index (χ1n) is 14.5. The third-order valence-corrected chi connectivity index (χ3v) is 9.69. The van der Waals surface area contributed by atoms with E-state index in [0.29, 0.717) is 23.4 Å². The number of halogens is 2. The molecule has 3 unspecified atom stereocenters. The molecule has 3 aliphatic rings. The number of carboxylic acids is 1. The summed E-state index contributed by atoms with van der Waals surface area (Å²) >= 11 is 6.14. The summed E-state index contributed by atoms with van der Waals surface area (Å²) in [6.45, 7) is 0. The molecule has 0 aromatic heterocycles. The minimum absolute atomic E-state index is 0.134. The van der Waals surface area contributed by atoms with Gasteiger partial charge in [-0.1, -0.05) is 55.1 Å². The first-order chi connectivity index (χ1) is 18.8. The number of aliphatic imine (C=N–C) groups is 1. The Hall–Kier alpha value is -2.44. The van der Waals surface area contributed by atoms with Crippen LogP contribution in [-0.4, -0.2) is 58.9 Å². The van der Waals surface area contributed by atoms with E-state index in [-0.39, 0.29) is 23.8 Å². The number of aliphatic carboxylic acids is 1. The van der Waals surface area contributed by atoms with Gasteiger partial charge >= 0.3 is 5.97 Å². The van der Waals surface area contributed by atoms with Crippen LogP contribution in [0, 0.1) is 17.7 Å².